The maximum Gasteiger partial charge on any atom is 0.191 e. The Morgan fingerprint density at radius 3 is 1.82 bits per heavy atom. The molecule has 0 saturated carbocycles. The van der Waals surface area contributed by atoms with Crippen LogP contribution in [-0.4, -0.2) is 40.9 Å². The van der Waals surface area contributed by atoms with Gasteiger partial charge in [0, 0.05) is 13.1 Å². The first kappa shape index (κ1) is 21.2. The van der Waals surface area contributed by atoms with E-state index >= 15 is 0 Å². The molecule has 0 aliphatic heterocycles. The lowest BCUT2D eigenvalue weighted by molar-refractivity contribution is 0.354. The van der Waals surface area contributed by atoms with Gasteiger partial charge in [-0.25, -0.2) is 4.99 Å². The fourth-order valence-electron chi connectivity index (χ4n) is 2.67. The summed E-state index contributed by atoms with van der Waals surface area (Å²) in [5, 5.41) is 6.59. The van der Waals surface area contributed by atoms with Gasteiger partial charge in [0.25, 0.3) is 0 Å². The van der Waals surface area contributed by atoms with Crippen LogP contribution in [0.3, 0.4) is 0 Å². The summed E-state index contributed by atoms with van der Waals surface area (Å²) >= 11 is 0. The summed E-state index contributed by atoms with van der Waals surface area (Å²) in [6.07, 6.45) is 0. The molecule has 0 atom stereocenters. The van der Waals surface area contributed by atoms with Crippen molar-refractivity contribution in [1.29, 1.82) is 0 Å². The zero-order chi connectivity index (χ0) is 20.4. The Bertz CT molecular complexity index is 793. The maximum absolute atomic E-state index is 5.36. The molecule has 152 valence electrons. The summed E-state index contributed by atoms with van der Waals surface area (Å²) in [7, 11) is 6.50. The zero-order valence-corrected chi connectivity index (χ0v) is 17.2. The van der Waals surface area contributed by atoms with Crippen LogP contribution >= 0.6 is 0 Å². The van der Waals surface area contributed by atoms with Crippen LogP contribution in [-0.2, 0) is 13.1 Å². The Labute approximate surface area is 166 Å². The minimum Gasteiger partial charge on any atom is -0.493 e. The summed E-state index contributed by atoms with van der Waals surface area (Å²) in [4.78, 5) is 4.65. The molecule has 2 N–H and O–H groups in total. The minimum absolute atomic E-state index is 0.515. The number of benzene rings is 2. The molecule has 0 fully saturated rings. The number of ether oxygens (including phenoxy) is 4. The van der Waals surface area contributed by atoms with Crippen LogP contribution in [0.5, 0.6) is 23.0 Å². The van der Waals surface area contributed by atoms with E-state index in [1.165, 1.54) is 0 Å². The molecule has 0 unspecified atom stereocenters. The molecule has 7 nitrogen and oxygen atoms in total. The molecular formula is C21H29N3O4. The molecule has 2 aromatic carbocycles. The number of hydrogen-bond donors (Lipinski definition) is 2. The number of rotatable bonds is 9. The van der Waals surface area contributed by atoms with Crippen LogP contribution in [0.1, 0.15) is 18.1 Å². The second kappa shape index (κ2) is 10.9. The smallest absolute Gasteiger partial charge is 0.191 e. The van der Waals surface area contributed by atoms with E-state index in [4.69, 9.17) is 18.9 Å². The zero-order valence-electron chi connectivity index (χ0n) is 17.2. The molecule has 0 heterocycles. The van der Waals surface area contributed by atoms with Crippen molar-refractivity contribution in [2.75, 3.05) is 35.0 Å². The molecule has 0 radical (unpaired) electrons. The lowest BCUT2D eigenvalue weighted by atomic mass is 10.2. The van der Waals surface area contributed by atoms with Crippen LogP contribution in [0.25, 0.3) is 0 Å². The van der Waals surface area contributed by atoms with Crippen LogP contribution in [0.2, 0.25) is 0 Å². The molecule has 0 amide bonds. The molecule has 0 aromatic heterocycles. The van der Waals surface area contributed by atoms with Crippen LogP contribution in [0.15, 0.2) is 41.4 Å². The molecule has 7 heteroatoms. The van der Waals surface area contributed by atoms with Gasteiger partial charge in [0.05, 0.1) is 35.0 Å². The van der Waals surface area contributed by atoms with Crippen LogP contribution in [0.4, 0.5) is 0 Å². The fourth-order valence-corrected chi connectivity index (χ4v) is 2.67. The van der Waals surface area contributed by atoms with Gasteiger partial charge in [-0.2, -0.15) is 0 Å². The summed E-state index contributed by atoms with van der Waals surface area (Å²) in [5.41, 5.74) is 2.09. The molecule has 0 bridgehead atoms. The Balaban J connectivity index is 2.06. The largest absolute Gasteiger partial charge is 0.493 e. The average Bonchev–Trinajstić information content (AvgIpc) is 2.75. The monoisotopic (exact) mass is 387 g/mol. The molecule has 2 aromatic rings. The maximum atomic E-state index is 5.36. The van der Waals surface area contributed by atoms with Gasteiger partial charge in [-0.3, -0.25) is 0 Å². The number of hydrogen-bond acceptors (Lipinski definition) is 5. The lowest BCUT2D eigenvalue weighted by Gasteiger charge is -2.13. The van der Waals surface area contributed by atoms with Gasteiger partial charge >= 0.3 is 0 Å². The average molecular weight is 387 g/mol. The molecule has 0 aliphatic carbocycles. The van der Waals surface area contributed by atoms with Crippen molar-refractivity contribution in [2.24, 2.45) is 4.99 Å². The molecule has 0 spiro atoms. The number of nitrogens with one attached hydrogen (secondary N) is 2. The number of aliphatic imine (C=N–C) groups is 1. The first-order valence-electron chi connectivity index (χ1n) is 9.09. The van der Waals surface area contributed by atoms with Crippen LogP contribution in [0, 0.1) is 0 Å². The molecular weight excluding hydrogens is 358 g/mol. The van der Waals surface area contributed by atoms with Gasteiger partial charge in [-0.15, -0.1) is 0 Å². The summed E-state index contributed by atoms with van der Waals surface area (Å²) in [6, 6.07) is 11.6. The fraction of sp³-hybridized carbons (Fsp3) is 0.381. The normalized spacial score (nSPS) is 11.0. The van der Waals surface area contributed by atoms with Crippen molar-refractivity contribution in [3.05, 3.63) is 47.5 Å². The van der Waals surface area contributed by atoms with Crippen molar-refractivity contribution in [3.63, 3.8) is 0 Å². The van der Waals surface area contributed by atoms with Crippen molar-refractivity contribution >= 4 is 5.96 Å². The second-order valence-electron chi connectivity index (χ2n) is 5.93. The van der Waals surface area contributed by atoms with Crippen molar-refractivity contribution < 1.29 is 18.9 Å². The third-order valence-electron chi connectivity index (χ3n) is 4.12. The SMILES string of the molecule is CCNC(=NCc1ccc(OC)c(OC)c1)NCc1ccc(OC)c(OC)c1. The van der Waals surface area contributed by atoms with Gasteiger partial charge in [0.1, 0.15) is 0 Å². The van der Waals surface area contributed by atoms with Gasteiger partial charge in [-0.1, -0.05) is 12.1 Å². The molecule has 0 aliphatic rings. The lowest BCUT2D eigenvalue weighted by Crippen LogP contribution is -2.36. The van der Waals surface area contributed by atoms with E-state index in [2.05, 4.69) is 15.6 Å². The highest BCUT2D eigenvalue weighted by Gasteiger charge is 2.07. The van der Waals surface area contributed by atoms with E-state index in [9.17, 15) is 0 Å². The van der Waals surface area contributed by atoms with E-state index in [1.54, 1.807) is 28.4 Å². The Morgan fingerprint density at radius 2 is 1.29 bits per heavy atom. The van der Waals surface area contributed by atoms with E-state index in [0.717, 1.165) is 23.6 Å². The summed E-state index contributed by atoms with van der Waals surface area (Å²) in [5.74, 6) is 3.54. The standard InChI is InChI=1S/C21H29N3O4/c1-6-22-21(23-13-15-7-9-17(25-2)19(11-15)27-4)24-14-16-8-10-18(26-3)20(12-16)28-5/h7-12H,6,13-14H2,1-5H3,(H2,22,23,24). The third kappa shape index (κ3) is 5.70. The first-order valence-corrected chi connectivity index (χ1v) is 9.09. The van der Waals surface area contributed by atoms with Crippen molar-refractivity contribution in [1.82, 2.24) is 10.6 Å². The second-order valence-corrected chi connectivity index (χ2v) is 5.93. The predicted molar refractivity (Wildman–Crippen MR) is 111 cm³/mol. The predicted octanol–water partition coefficient (Wildman–Crippen LogP) is 2.98. The van der Waals surface area contributed by atoms with Gasteiger partial charge in [-0.05, 0) is 42.3 Å². The highest BCUT2D eigenvalue weighted by atomic mass is 16.5. The first-order chi connectivity index (χ1) is 13.6. The summed E-state index contributed by atoms with van der Waals surface area (Å²) < 4.78 is 21.3. The molecule has 2 rings (SSSR count). The molecule has 28 heavy (non-hydrogen) atoms. The number of methoxy groups -OCH3 is 4. The highest BCUT2D eigenvalue weighted by molar-refractivity contribution is 5.79. The molecule has 0 saturated heterocycles. The van der Waals surface area contributed by atoms with E-state index in [-0.39, 0.29) is 0 Å². The van der Waals surface area contributed by atoms with E-state index in [0.29, 0.717) is 36.1 Å². The highest BCUT2D eigenvalue weighted by Crippen LogP contribution is 2.28. The van der Waals surface area contributed by atoms with Crippen molar-refractivity contribution in [3.8, 4) is 23.0 Å². The van der Waals surface area contributed by atoms with Crippen LogP contribution < -0.4 is 29.6 Å². The third-order valence-corrected chi connectivity index (χ3v) is 4.12. The Kier molecular flexibility index (Phi) is 8.27. The van der Waals surface area contributed by atoms with Gasteiger partial charge in [0.2, 0.25) is 0 Å². The van der Waals surface area contributed by atoms with Crippen molar-refractivity contribution in [2.45, 2.75) is 20.0 Å². The number of guanidine groups is 1. The van der Waals surface area contributed by atoms with Gasteiger partial charge < -0.3 is 29.6 Å². The van der Waals surface area contributed by atoms with E-state index < -0.39 is 0 Å². The Hall–Kier alpha value is -3.09. The minimum atomic E-state index is 0.515. The van der Waals surface area contributed by atoms with Gasteiger partial charge in [0.15, 0.2) is 29.0 Å². The summed E-state index contributed by atoms with van der Waals surface area (Å²) in [6.45, 7) is 3.92. The number of nitrogens with zero attached hydrogens (tertiary/aromatic N) is 1. The quantitative estimate of drug-likeness (QED) is 0.509. The van der Waals surface area contributed by atoms with E-state index in [1.807, 2.05) is 43.3 Å². The topological polar surface area (TPSA) is 73.3 Å². The Morgan fingerprint density at radius 1 is 0.750 bits per heavy atom.